The largest absolute Gasteiger partial charge is 0.456 e. The molecule has 2 aromatic rings. The number of benzene rings is 2. The van der Waals surface area contributed by atoms with Gasteiger partial charge in [0.25, 0.3) is 0 Å². The molecule has 0 radical (unpaired) electrons. The van der Waals surface area contributed by atoms with Crippen molar-refractivity contribution in [2.45, 2.75) is 26.7 Å². The van der Waals surface area contributed by atoms with Crippen molar-refractivity contribution in [3.8, 4) is 0 Å². The van der Waals surface area contributed by atoms with Crippen molar-refractivity contribution in [1.82, 2.24) is 0 Å². The fraction of sp³-hybridized carbons (Fsp3) is 0.200. The molecule has 0 saturated heterocycles. The van der Waals surface area contributed by atoms with Gasteiger partial charge in [-0.2, -0.15) is 0 Å². The number of hydrogen-bond donors (Lipinski definition) is 0. The zero-order valence-corrected chi connectivity index (χ0v) is 16.1. The molecule has 0 bridgehead atoms. The Morgan fingerprint density at radius 1 is 0.714 bits per heavy atom. The second-order valence-corrected chi connectivity index (χ2v) is 8.05. The van der Waals surface area contributed by atoms with E-state index in [4.69, 9.17) is 4.74 Å². The Bertz CT molecular complexity index is 942. The van der Waals surface area contributed by atoms with Crippen LogP contribution in [-0.2, 0) is 14.3 Å². The summed E-state index contributed by atoms with van der Waals surface area (Å²) in [6, 6.07) is 19.4. The van der Waals surface area contributed by atoms with Gasteiger partial charge in [-0.05, 0) is 23.1 Å². The topological polar surface area (TPSA) is 43.4 Å². The maximum Gasteiger partial charge on any atom is 0.167 e. The second-order valence-electron chi connectivity index (χ2n) is 8.05. The van der Waals surface area contributed by atoms with Gasteiger partial charge < -0.3 is 4.74 Å². The Morgan fingerprint density at radius 2 is 1.14 bits per heavy atom. The van der Waals surface area contributed by atoms with Gasteiger partial charge in [0.1, 0.15) is 11.5 Å². The first-order valence-corrected chi connectivity index (χ1v) is 9.46. The van der Waals surface area contributed by atoms with Crippen molar-refractivity contribution in [3.05, 3.63) is 95.1 Å². The van der Waals surface area contributed by atoms with Gasteiger partial charge in [-0.15, -0.1) is 0 Å². The SMILES string of the molecule is CC1(C)CC(=O)C(=C2C=C(c3ccccc3)OC(c3ccccc3)=C2)C(=O)C1. The Kier molecular flexibility index (Phi) is 4.60. The molecule has 2 aliphatic rings. The molecular weight excluding hydrogens is 348 g/mol. The third-order valence-corrected chi connectivity index (χ3v) is 5.03. The summed E-state index contributed by atoms with van der Waals surface area (Å²) in [5.41, 5.74) is 2.44. The van der Waals surface area contributed by atoms with E-state index in [-0.39, 0.29) is 17.0 Å². The number of carbonyl (C=O) groups excluding carboxylic acids is 2. The molecule has 1 fully saturated rings. The summed E-state index contributed by atoms with van der Waals surface area (Å²) in [6.07, 6.45) is 4.37. The second kappa shape index (κ2) is 7.08. The summed E-state index contributed by atoms with van der Waals surface area (Å²) < 4.78 is 6.16. The molecule has 1 heterocycles. The van der Waals surface area contributed by atoms with E-state index >= 15 is 0 Å². The van der Waals surface area contributed by atoms with Crippen LogP contribution in [0.15, 0.2) is 84.0 Å². The Hall–Kier alpha value is -3.20. The standard InChI is InChI=1S/C25H22O3/c1-25(2)15-20(26)24(21(27)16-25)19-13-22(17-9-5-3-6-10-17)28-23(14-19)18-11-7-4-8-12-18/h3-14H,15-16H2,1-2H3. The molecule has 4 rings (SSSR count). The van der Waals surface area contributed by atoms with Crippen LogP contribution < -0.4 is 0 Å². The highest BCUT2D eigenvalue weighted by Crippen LogP contribution is 2.38. The minimum atomic E-state index is -0.290. The zero-order chi connectivity index (χ0) is 19.7. The normalized spacial score (nSPS) is 19.1. The average Bonchev–Trinajstić information content (AvgIpc) is 2.67. The molecule has 1 saturated carbocycles. The first-order chi connectivity index (χ1) is 13.4. The predicted molar refractivity (Wildman–Crippen MR) is 110 cm³/mol. The zero-order valence-electron chi connectivity index (χ0n) is 16.1. The van der Waals surface area contributed by atoms with Crippen LogP contribution in [0.5, 0.6) is 0 Å². The fourth-order valence-electron chi connectivity index (χ4n) is 3.72. The summed E-state index contributed by atoms with van der Waals surface area (Å²) in [5, 5.41) is 0. The van der Waals surface area contributed by atoms with Gasteiger partial charge in [0.15, 0.2) is 11.6 Å². The summed E-state index contributed by atoms with van der Waals surface area (Å²) in [4.78, 5) is 25.7. The maximum absolute atomic E-state index is 12.8. The van der Waals surface area contributed by atoms with Crippen LogP contribution in [0, 0.1) is 5.41 Å². The van der Waals surface area contributed by atoms with Gasteiger partial charge in [0, 0.05) is 24.0 Å². The van der Waals surface area contributed by atoms with Crippen LogP contribution in [0.2, 0.25) is 0 Å². The number of Topliss-reactive ketones (excluding diaryl/α,β-unsaturated/α-hetero) is 2. The molecular formula is C25H22O3. The molecule has 28 heavy (non-hydrogen) atoms. The lowest BCUT2D eigenvalue weighted by Crippen LogP contribution is -2.32. The number of allylic oxidation sites excluding steroid dienone is 4. The first-order valence-electron chi connectivity index (χ1n) is 9.46. The first kappa shape index (κ1) is 18.2. The fourth-order valence-corrected chi connectivity index (χ4v) is 3.72. The molecule has 1 aliphatic carbocycles. The van der Waals surface area contributed by atoms with Gasteiger partial charge in [-0.1, -0.05) is 74.5 Å². The maximum atomic E-state index is 12.8. The van der Waals surface area contributed by atoms with Crippen molar-refractivity contribution < 1.29 is 14.3 Å². The minimum Gasteiger partial charge on any atom is -0.456 e. The van der Waals surface area contributed by atoms with Gasteiger partial charge in [0.2, 0.25) is 0 Å². The lowest BCUT2D eigenvalue weighted by molar-refractivity contribution is -0.127. The van der Waals surface area contributed by atoms with E-state index in [1.807, 2.05) is 86.7 Å². The number of ketones is 2. The molecule has 2 aromatic carbocycles. The lowest BCUT2D eigenvalue weighted by atomic mass is 9.73. The number of ether oxygens (including phenoxy) is 1. The Balaban J connectivity index is 1.86. The van der Waals surface area contributed by atoms with Crippen LogP contribution in [0.25, 0.3) is 11.5 Å². The van der Waals surface area contributed by atoms with E-state index in [0.29, 0.717) is 35.5 Å². The van der Waals surface area contributed by atoms with Gasteiger partial charge in [-0.3, -0.25) is 9.59 Å². The molecule has 0 amide bonds. The molecule has 3 nitrogen and oxygen atoms in total. The number of hydrogen-bond acceptors (Lipinski definition) is 3. The molecule has 140 valence electrons. The van der Waals surface area contributed by atoms with E-state index in [1.54, 1.807) is 0 Å². The quantitative estimate of drug-likeness (QED) is 0.528. The molecule has 0 aromatic heterocycles. The molecule has 3 heteroatoms. The Labute approximate surface area is 165 Å². The van der Waals surface area contributed by atoms with Crippen molar-refractivity contribution >= 4 is 23.1 Å². The van der Waals surface area contributed by atoms with E-state index in [9.17, 15) is 9.59 Å². The summed E-state index contributed by atoms with van der Waals surface area (Å²) in [7, 11) is 0. The molecule has 0 spiro atoms. The van der Waals surface area contributed by atoms with Crippen LogP contribution >= 0.6 is 0 Å². The van der Waals surface area contributed by atoms with Crippen molar-refractivity contribution in [1.29, 1.82) is 0 Å². The Morgan fingerprint density at radius 3 is 1.57 bits per heavy atom. The van der Waals surface area contributed by atoms with Gasteiger partial charge in [0.05, 0.1) is 5.57 Å². The third kappa shape index (κ3) is 3.61. The van der Waals surface area contributed by atoms with E-state index in [1.165, 1.54) is 0 Å². The molecule has 0 unspecified atom stereocenters. The van der Waals surface area contributed by atoms with Crippen molar-refractivity contribution in [3.63, 3.8) is 0 Å². The molecule has 1 aliphatic heterocycles. The predicted octanol–water partition coefficient (Wildman–Crippen LogP) is 5.35. The van der Waals surface area contributed by atoms with Crippen LogP contribution in [0.4, 0.5) is 0 Å². The van der Waals surface area contributed by atoms with Crippen LogP contribution in [0.3, 0.4) is 0 Å². The lowest BCUT2D eigenvalue weighted by Gasteiger charge is -2.30. The third-order valence-electron chi connectivity index (χ3n) is 5.03. The highest BCUT2D eigenvalue weighted by molar-refractivity contribution is 6.23. The van der Waals surface area contributed by atoms with E-state index in [2.05, 4.69) is 0 Å². The minimum absolute atomic E-state index is 0.0922. The summed E-state index contributed by atoms with van der Waals surface area (Å²) in [5.74, 6) is 1.08. The van der Waals surface area contributed by atoms with Gasteiger partial charge in [-0.25, -0.2) is 0 Å². The number of carbonyl (C=O) groups is 2. The van der Waals surface area contributed by atoms with Crippen molar-refractivity contribution in [2.24, 2.45) is 5.41 Å². The highest BCUT2D eigenvalue weighted by atomic mass is 16.5. The smallest absolute Gasteiger partial charge is 0.167 e. The number of rotatable bonds is 2. The van der Waals surface area contributed by atoms with E-state index in [0.717, 1.165) is 11.1 Å². The summed E-state index contributed by atoms with van der Waals surface area (Å²) in [6.45, 7) is 3.93. The molecule has 0 N–H and O–H groups in total. The molecule has 0 atom stereocenters. The monoisotopic (exact) mass is 370 g/mol. The van der Waals surface area contributed by atoms with Crippen molar-refractivity contribution in [2.75, 3.05) is 0 Å². The van der Waals surface area contributed by atoms with Crippen LogP contribution in [-0.4, -0.2) is 11.6 Å². The van der Waals surface area contributed by atoms with Gasteiger partial charge >= 0.3 is 0 Å². The highest BCUT2D eigenvalue weighted by Gasteiger charge is 2.37. The average molecular weight is 370 g/mol. The summed E-state index contributed by atoms with van der Waals surface area (Å²) >= 11 is 0. The van der Waals surface area contributed by atoms with E-state index < -0.39 is 0 Å². The van der Waals surface area contributed by atoms with Crippen LogP contribution in [0.1, 0.15) is 37.8 Å².